The van der Waals surface area contributed by atoms with E-state index in [0.29, 0.717) is 22.0 Å². The molecule has 1 aromatic heterocycles. The number of carbonyl (C=O) groups is 1. The van der Waals surface area contributed by atoms with Crippen molar-refractivity contribution in [3.8, 4) is 0 Å². The molecule has 110 valence electrons. The number of hydrogen-bond acceptors (Lipinski definition) is 2. The molecule has 1 N–H and O–H groups in total. The standard InChI is InChI=1S/C15H13Cl3N2O/c1-9(6-10-2-3-12(16)8-13(10)17)20-15(21)11-4-5-19-14(18)7-11/h2-5,7-9H,6H2,1H3,(H,20,21). The lowest BCUT2D eigenvalue weighted by atomic mass is 10.1. The summed E-state index contributed by atoms with van der Waals surface area (Å²) in [5, 5.41) is 4.37. The van der Waals surface area contributed by atoms with Gasteiger partial charge in [0.2, 0.25) is 0 Å². The van der Waals surface area contributed by atoms with Crippen LogP contribution in [0, 0.1) is 0 Å². The number of rotatable bonds is 4. The van der Waals surface area contributed by atoms with Crippen molar-refractivity contribution in [3.63, 3.8) is 0 Å². The van der Waals surface area contributed by atoms with Crippen LogP contribution in [0.1, 0.15) is 22.8 Å². The van der Waals surface area contributed by atoms with Crippen molar-refractivity contribution in [3.05, 3.63) is 62.9 Å². The molecule has 0 aliphatic carbocycles. The van der Waals surface area contributed by atoms with Gasteiger partial charge in [-0.2, -0.15) is 0 Å². The molecule has 1 heterocycles. The van der Waals surface area contributed by atoms with E-state index in [4.69, 9.17) is 34.8 Å². The Morgan fingerprint density at radius 2 is 2.00 bits per heavy atom. The van der Waals surface area contributed by atoms with Crippen molar-refractivity contribution in [1.29, 1.82) is 0 Å². The maximum absolute atomic E-state index is 12.1. The second-order valence-electron chi connectivity index (χ2n) is 4.68. The molecule has 1 amide bonds. The minimum Gasteiger partial charge on any atom is -0.349 e. The van der Waals surface area contributed by atoms with Gasteiger partial charge in [0.1, 0.15) is 5.15 Å². The molecule has 6 heteroatoms. The molecule has 1 atom stereocenters. The topological polar surface area (TPSA) is 42.0 Å². The summed E-state index contributed by atoms with van der Waals surface area (Å²) < 4.78 is 0. The fourth-order valence-electron chi connectivity index (χ4n) is 1.92. The largest absolute Gasteiger partial charge is 0.349 e. The smallest absolute Gasteiger partial charge is 0.251 e. The molecule has 21 heavy (non-hydrogen) atoms. The zero-order valence-corrected chi connectivity index (χ0v) is 13.5. The second-order valence-corrected chi connectivity index (χ2v) is 5.91. The minimum absolute atomic E-state index is 0.0804. The van der Waals surface area contributed by atoms with Gasteiger partial charge in [0.15, 0.2) is 0 Å². The lowest BCUT2D eigenvalue weighted by Crippen LogP contribution is -2.34. The molecule has 1 aromatic carbocycles. The lowest BCUT2D eigenvalue weighted by Gasteiger charge is -2.15. The summed E-state index contributed by atoms with van der Waals surface area (Å²) in [6, 6.07) is 8.39. The van der Waals surface area contributed by atoms with Crippen LogP contribution < -0.4 is 5.32 Å². The van der Waals surface area contributed by atoms with Gasteiger partial charge < -0.3 is 5.32 Å². The Morgan fingerprint density at radius 3 is 2.67 bits per heavy atom. The van der Waals surface area contributed by atoms with E-state index in [2.05, 4.69) is 10.3 Å². The Bertz CT molecular complexity index is 661. The third-order valence-electron chi connectivity index (χ3n) is 2.91. The van der Waals surface area contributed by atoms with Gasteiger partial charge in [0, 0.05) is 27.8 Å². The van der Waals surface area contributed by atoms with Crippen molar-refractivity contribution in [2.24, 2.45) is 0 Å². The number of halogens is 3. The first-order valence-electron chi connectivity index (χ1n) is 6.32. The summed E-state index contributed by atoms with van der Waals surface area (Å²) in [5.74, 6) is -0.197. The molecule has 0 spiro atoms. The van der Waals surface area contributed by atoms with E-state index in [9.17, 15) is 4.79 Å². The molecule has 2 rings (SSSR count). The van der Waals surface area contributed by atoms with E-state index in [1.54, 1.807) is 18.2 Å². The van der Waals surface area contributed by atoms with E-state index >= 15 is 0 Å². The molecule has 0 saturated carbocycles. The van der Waals surface area contributed by atoms with Crippen LogP contribution in [0.2, 0.25) is 15.2 Å². The van der Waals surface area contributed by atoms with E-state index < -0.39 is 0 Å². The quantitative estimate of drug-likeness (QED) is 0.836. The Balaban J connectivity index is 2.01. The average Bonchev–Trinajstić information content (AvgIpc) is 2.42. The van der Waals surface area contributed by atoms with Crippen LogP contribution in [0.4, 0.5) is 0 Å². The molecular weight excluding hydrogens is 331 g/mol. The number of nitrogens with one attached hydrogen (secondary N) is 1. The van der Waals surface area contributed by atoms with Crippen LogP contribution in [-0.2, 0) is 6.42 Å². The molecular formula is C15H13Cl3N2O. The highest BCUT2D eigenvalue weighted by atomic mass is 35.5. The number of carbonyl (C=O) groups excluding carboxylic acids is 1. The van der Waals surface area contributed by atoms with E-state index in [1.807, 2.05) is 13.0 Å². The van der Waals surface area contributed by atoms with Crippen molar-refractivity contribution in [1.82, 2.24) is 10.3 Å². The Morgan fingerprint density at radius 1 is 1.24 bits per heavy atom. The molecule has 0 bridgehead atoms. The summed E-state index contributed by atoms with van der Waals surface area (Å²) in [6.07, 6.45) is 2.11. The number of hydrogen-bond donors (Lipinski definition) is 1. The fourth-order valence-corrected chi connectivity index (χ4v) is 2.58. The molecule has 0 fully saturated rings. The first-order valence-corrected chi connectivity index (χ1v) is 7.45. The molecule has 0 radical (unpaired) electrons. The van der Waals surface area contributed by atoms with E-state index in [0.717, 1.165) is 5.56 Å². The molecule has 0 aliphatic heterocycles. The monoisotopic (exact) mass is 342 g/mol. The summed E-state index contributed by atoms with van der Waals surface area (Å²) >= 11 is 17.8. The summed E-state index contributed by atoms with van der Waals surface area (Å²) in [4.78, 5) is 15.9. The molecule has 0 saturated heterocycles. The summed E-state index contributed by atoms with van der Waals surface area (Å²) in [6.45, 7) is 1.91. The van der Waals surface area contributed by atoms with Crippen LogP contribution >= 0.6 is 34.8 Å². The van der Waals surface area contributed by atoms with Gasteiger partial charge in [-0.1, -0.05) is 40.9 Å². The zero-order chi connectivity index (χ0) is 15.4. The number of nitrogens with zero attached hydrogens (tertiary/aromatic N) is 1. The molecule has 3 nitrogen and oxygen atoms in total. The highest BCUT2D eigenvalue weighted by Gasteiger charge is 2.12. The van der Waals surface area contributed by atoms with Crippen molar-refractivity contribution in [2.45, 2.75) is 19.4 Å². The van der Waals surface area contributed by atoms with Crippen LogP contribution in [0.5, 0.6) is 0 Å². The second kappa shape index (κ2) is 7.12. The van der Waals surface area contributed by atoms with Gasteiger partial charge in [-0.15, -0.1) is 0 Å². The molecule has 2 aromatic rings. The third-order valence-corrected chi connectivity index (χ3v) is 3.70. The normalized spacial score (nSPS) is 12.0. The number of pyridine rings is 1. The zero-order valence-electron chi connectivity index (χ0n) is 11.2. The maximum Gasteiger partial charge on any atom is 0.251 e. The third kappa shape index (κ3) is 4.60. The van der Waals surface area contributed by atoms with E-state index in [-0.39, 0.29) is 17.1 Å². The van der Waals surface area contributed by atoms with Crippen molar-refractivity contribution >= 4 is 40.7 Å². The Hall–Kier alpha value is -1.29. The Labute approximate surface area is 138 Å². The van der Waals surface area contributed by atoms with Crippen LogP contribution in [0.25, 0.3) is 0 Å². The fraction of sp³-hybridized carbons (Fsp3) is 0.200. The van der Waals surface area contributed by atoms with Crippen molar-refractivity contribution < 1.29 is 4.79 Å². The first kappa shape index (κ1) is 16.1. The number of benzene rings is 1. The van der Waals surface area contributed by atoms with Gasteiger partial charge in [-0.25, -0.2) is 4.98 Å². The van der Waals surface area contributed by atoms with Gasteiger partial charge in [-0.05, 0) is 43.2 Å². The highest BCUT2D eigenvalue weighted by Crippen LogP contribution is 2.22. The first-order chi connectivity index (χ1) is 9.95. The van der Waals surface area contributed by atoms with Crippen molar-refractivity contribution in [2.75, 3.05) is 0 Å². The summed E-state index contributed by atoms with van der Waals surface area (Å²) in [7, 11) is 0. The van der Waals surface area contributed by atoms with Crippen LogP contribution in [0.3, 0.4) is 0 Å². The van der Waals surface area contributed by atoms with Crippen LogP contribution in [0.15, 0.2) is 36.5 Å². The highest BCUT2D eigenvalue weighted by molar-refractivity contribution is 6.35. The minimum atomic E-state index is -0.197. The van der Waals surface area contributed by atoms with Gasteiger partial charge in [-0.3, -0.25) is 4.79 Å². The SMILES string of the molecule is CC(Cc1ccc(Cl)cc1Cl)NC(=O)c1ccnc(Cl)c1. The maximum atomic E-state index is 12.1. The van der Waals surface area contributed by atoms with Gasteiger partial charge in [0.05, 0.1) is 0 Å². The van der Waals surface area contributed by atoms with Crippen LogP contribution in [-0.4, -0.2) is 16.9 Å². The number of amides is 1. The average molecular weight is 344 g/mol. The predicted octanol–water partition coefficient (Wildman–Crippen LogP) is 4.40. The summed E-state index contributed by atoms with van der Waals surface area (Å²) in [5.41, 5.74) is 1.41. The lowest BCUT2D eigenvalue weighted by molar-refractivity contribution is 0.0940. The molecule has 1 unspecified atom stereocenters. The Kier molecular flexibility index (Phi) is 5.45. The van der Waals surface area contributed by atoms with Gasteiger partial charge >= 0.3 is 0 Å². The number of aromatic nitrogens is 1. The van der Waals surface area contributed by atoms with E-state index in [1.165, 1.54) is 12.3 Å². The van der Waals surface area contributed by atoms with Gasteiger partial charge in [0.25, 0.3) is 5.91 Å². The molecule has 0 aliphatic rings. The predicted molar refractivity (Wildman–Crippen MR) is 86.3 cm³/mol.